The summed E-state index contributed by atoms with van der Waals surface area (Å²) >= 11 is 0. The zero-order valence-corrected chi connectivity index (χ0v) is 16.5. The monoisotopic (exact) mass is 382 g/mol. The normalized spacial score (nSPS) is 17.9. The summed E-state index contributed by atoms with van der Waals surface area (Å²) in [6.45, 7) is 6.35. The van der Waals surface area contributed by atoms with Crippen LogP contribution < -0.4 is 15.5 Å². The number of hydrogen-bond acceptors (Lipinski definition) is 6. The maximum absolute atomic E-state index is 14.1. The minimum absolute atomic E-state index is 0.197. The fraction of sp³-hybridized carbons (Fsp3) is 0.429. The Kier molecular flexibility index (Phi) is 5.43. The summed E-state index contributed by atoms with van der Waals surface area (Å²) in [6, 6.07) is 6.45. The second-order valence-electron chi connectivity index (χ2n) is 7.59. The Balaban J connectivity index is 1.46. The molecule has 1 aliphatic carbocycles. The minimum atomic E-state index is -0.431. The Bertz CT molecular complexity index is 852. The van der Waals surface area contributed by atoms with Gasteiger partial charge in [0.1, 0.15) is 0 Å². The van der Waals surface area contributed by atoms with E-state index in [-0.39, 0.29) is 11.9 Å². The maximum Gasteiger partial charge on any atom is 0.229 e. The Hall–Kier alpha value is -2.67. The lowest BCUT2D eigenvalue weighted by Crippen LogP contribution is -2.44. The number of nitrogens with one attached hydrogen (secondary N) is 2. The smallest absolute Gasteiger partial charge is 0.229 e. The van der Waals surface area contributed by atoms with Crippen LogP contribution in [-0.2, 0) is 0 Å². The Morgan fingerprint density at radius 1 is 1.11 bits per heavy atom. The van der Waals surface area contributed by atoms with Gasteiger partial charge in [-0.3, -0.25) is 0 Å². The highest BCUT2D eigenvalue weighted by Crippen LogP contribution is 2.26. The molecule has 1 aromatic carbocycles. The molecule has 4 rings (SSSR count). The van der Waals surface area contributed by atoms with Crippen LogP contribution in [0.25, 0.3) is 0 Å². The van der Waals surface area contributed by atoms with Crippen molar-refractivity contribution in [1.29, 1.82) is 0 Å². The molecule has 0 radical (unpaired) electrons. The molecule has 0 unspecified atom stereocenters. The number of aryl methyl sites for hydroxylation is 1. The third-order valence-corrected chi connectivity index (χ3v) is 5.39. The van der Waals surface area contributed by atoms with Gasteiger partial charge in [0.15, 0.2) is 11.6 Å². The number of benzene rings is 1. The maximum atomic E-state index is 14.1. The summed E-state index contributed by atoms with van der Waals surface area (Å²) in [4.78, 5) is 13.2. The average Bonchev–Trinajstić information content (AvgIpc) is 3.19. The molecule has 1 fully saturated rings. The molecule has 0 bridgehead atoms. The average molecular weight is 382 g/mol. The lowest BCUT2D eigenvalue weighted by atomic mass is 10.1. The highest BCUT2D eigenvalue weighted by molar-refractivity contribution is 5.64. The van der Waals surface area contributed by atoms with Crippen molar-refractivity contribution in [2.24, 2.45) is 0 Å². The second-order valence-corrected chi connectivity index (χ2v) is 7.59. The summed E-state index contributed by atoms with van der Waals surface area (Å²) in [6.07, 6.45) is 7.19. The summed E-state index contributed by atoms with van der Waals surface area (Å²) in [5.41, 5.74) is 3.36. The molecule has 0 amide bonds. The fourth-order valence-electron chi connectivity index (χ4n) is 3.72. The number of piperazine rings is 1. The van der Waals surface area contributed by atoms with E-state index in [2.05, 4.69) is 68.7 Å². The first-order chi connectivity index (χ1) is 13.6. The number of aromatic nitrogens is 2. The molecule has 148 valence electrons. The molecule has 7 heteroatoms. The first kappa shape index (κ1) is 18.7. The third-order valence-electron chi connectivity index (χ3n) is 5.39. The molecule has 0 spiro atoms. The van der Waals surface area contributed by atoms with E-state index in [1.165, 1.54) is 17.4 Å². The van der Waals surface area contributed by atoms with E-state index in [9.17, 15) is 4.39 Å². The topological polar surface area (TPSA) is 56.3 Å². The molecule has 1 aliphatic heterocycles. The quantitative estimate of drug-likeness (QED) is 0.772. The number of likely N-dealkylation sites (N-methyl/N-ethyl adjacent to an activating group) is 1. The van der Waals surface area contributed by atoms with Gasteiger partial charge in [-0.2, -0.15) is 4.98 Å². The van der Waals surface area contributed by atoms with E-state index in [4.69, 9.17) is 0 Å². The number of rotatable bonds is 5. The van der Waals surface area contributed by atoms with Crippen LogP contribution in [0.3, 0.4) is 0 Å². The lowest BCUT2D eigenvalue weighted by Gasteiger charge is -2.35. The number of nitrogens with zero attached hydrogens (tertiary/aromatic N) is 4. The van der Waals surface area contributed by atoms with Crippen molar-refractivity contribution in [2.75, 3.05) is 48.8 Å². The van der Waals surface area contributed by atoms with Gasteiger partial charge in [0.25, 0.3) is 0 Å². The zero-order valence-electron chi connectivity index (χ0n) is 16.5. The van der Waals surface area contributed by atoms with Gasteiger partial charge >= 0.3 is 0 Å². The van der Waals surface area contributed by atoms with Crippen LogP contribution in [0, 0.1) is 12.7 Å². The van der Waals surface area contributed by atoms with E-state index in [1.807, 2.05) is 6.07 Å². The third kappa shape index (κ3) is 4.25. The number of hydrogen-bond donors (Lipinski definition) is 2. The first-order valence-corrected chi connectivity index (χ1v) is 9.84. The molecular weight excluding hydrogens is 355 g/mol. The predicted molar refractivity (Wildman–Crippen MR) is 112 cm³/mol. The van der Waals surface area contributed by atoms with Crippen molar-refractivity contribution >= 4 is 23.1 Å². The first-order valence-electron chi connectivity index (χ1n) is 9.84. The van der Waals surface area contributed by atoms with Gasteiger partial charge in [-0.05, 0) is 50.6 Å². The second kappa shape index (κ2) is 8.14. The summed E-state index contributed by atoms with van der Waals surface area (Å²) in [7, 11) is 2.16. The largest absolute Gasteiger partial charge is 0.369 e. The Morgan fingerprint density at radius 2 is 1.86 bits per heavy atom. The van der Waals surface area contributed by atoms with Gasteiger partial charge in [-0.15, -0.1) is 0 Å². The molecule has 6 nitrogen and oxygen atoms in total. The summed E-state index contributed by atoms with van der Waals surface area (Å²) in [5, 5.41) is 6.37. The molecule has 2 N–H and O–H groups in total. The lowest BCUT2D eigenvalue weighted by molar-refractivity contribution is 0.312. The van der Waals surface area contributed by atoms with Crippen LogP contribution in [0.15, 0.2) is 36.5 Å². The van der Waals surface area contributed by atoms with Crippen LogP contribution in [-0.4, -0.2) is 54.1 Å². The van der Waals surface area contributed by atoms with Crippen molar-refractivity contribution < 1.29 is 4.39 Å². The number of anilines is 4. The van der Waals surface area contributed by atoms with Crippen molar-refractivity contribution in [1.82, 2.24) is 14.9 Å². The van der Waals surface area contributed by atoms with E-state index < -0.39 is 5.82 Å². The highest BCUT2D eigenvalue weighted by Gasteiger charge is 2.17. The van der Waals surface area contributed by atoms with Crippen LogP contribution in [0.4, 0.5) is 27.5 Å². The standard InChI is InChI=1S/C21H27FN6/c1-15-13-17(7-8-19(15)28-11-9-27(2)10-12-28)25-21-23-14-18(22)20(26-21)24-16-5-3-4-6-16/h3-4,7-8,13-14,16H,5-6,9-12H2,1-2H3,(H2,23,24,25,26). The van der Waals surface area contributed by atoms with E-state index in [0.29, 0.717) is 5.95 Å². The molecule has 2 aromatic rings. The molecule has 2 heterocycles. The van der Waals surface area contributed by atoms with Crippen LogP contribution in [0.1, 0.15) is 18.4 Å². The van der Waals surface area contributed by atoms with Crippen molar-refractivity contribution in [3.63, 3.8) is 0 Å². The molecule has 2 aliphatic rings. The van der Waals surface area contributed by atoms with Crippen LogP contribution in [0.2, 0.25) is 0 Å². The summed E-state index contributed by atoms with van der Waals surface area (Å²) < 4.78 is 14.1. The van der Waals surface area contributed by atoms with Crippen molar-refractivity contribution in [3.8, 4) is 0 Å². The van der Waals surface area contributed by atoms with Gasteiger partial charge in [0.2, 0.25) is 5.95 Å². The van der Waals surface area contributed by atoms with Crippen LogP contribution >= 0.6 is 0 Å². The summed E-state index contributed by atoms with van der Waals surface area (Å²) in [5.74, 6) is 0.206. The van der Waals surface area contributed by atoms with Crippen molar-refractivity contribution in [2.45, 2.75) is 25.8 Å². The molecular formula is C21H27FN6. The van der Waals surface area contributed by atoms with Crippen molar-refractivity contribution in [3.05, 3.63) is 47.9 Å². The highest BCUT2D eigenvalue weighted by atomic mass is 19.1. The van der Waals surface area contributed by atoms with Gasteiger partial charge in [0.05, 0.1) is 6.20 Å². The van der Waals surface area contributed by atoms with E-state index in [1.54, 1.807) is 0 Å². The molecule has 28 heavy (non-hydrogen) atoms. The Morgan fingerprint density at radius 3 is 2.57 bits per heavy atom. The predicted octanol–water partition coefficient (Wildman–Crippen LogP) is 3.55. The molecule has 1 aromatic heterocycles. The molecule has 0 atom stereocenters. The van der Waals surface area contributed by atoms with E-state index >= 15 is 0 Å². The molecule has 1 saturated heterocycles. The van der Waals surface area contributed by atoms with Gasteiger partial charge in [-0.1, -0.05) is 12.2 Å². The number of halogens is 1. The molecule has 0 saturated carbocycles. The minimum Gasteiger partial charge on any atom is -0.369 e. The van der Waals surface area contributed by atoms with Gasteiger partial charge < -0.3 is 20.4 Å². The zero-order chi connectivity index (χ0) is 19.5. The van der Waals surface area contributed by atoms with Gasteiger partial charge in [0, 0.05) is 43.6 Å². The fourth-order valence-corrected chi connectivity index (χ4v) is 3.72. The van der Waals surface area contributed by atoms with Crippen LogP contribution in [0.5, 0.6) is 0 Å². The Labute approximate surface area is 165 Å². The van der Waals surface area contributed by atoms with E-state index in [0.717, 1.165) is 44.7 Å². The van der Waals surface area contributed by atoms with Gasteiger partial charge in [-0.25, -0.2) is 9.37 Å². The SMILES string of the molecule is Cc1cc(Nc2ncc(F)c(NC3CC=CC3)n2)ccc1N1CCN(C)CC1.